The minimum absolute atomic E-state index is 0.0386. The van der Waals surface area contributed by atoms with Gasteiger partial charge in [-0.1, -0.05) is 51.0 Å². The number of methoxy groups -OCH3 is 1. The first-order valence-corrected chi connectivity index (χ1v) is 13.2. The van der Waals surface area contributed by atoms with E-state index in [0.29, 0.717) is 35.7 Å². The molecule has 8 nitrogen and oxygen atoms in total. The number of hydrogen-bond donors (Lipinski definition) is 3. The monoisotopic (exact) mass is 483 g/mol. The van der Waals surface area contributed by atoms with Crippen LogP contribution in [0.1, 0.15) is 77.0 Å². The Balaban J connectivity index is 1.36. The van der Waals surface area contributed by atoms with Gasteiger partial charge >= 0.3 is 6.03 Å². The number of ether oxygens (including phenoxy) is 1. The lowest BCUT2D eigenvalue weighted by Crippen LogP contribution is -2.45. The van der Waals surface area contributed by atoms with Crippen LogP contribution in [0.2, 0.25) is 0 Å². The first-order chi connectivity index (χ1) is 16.9. The zero-order valence-corrected chi connectivity index (χ0v) is 21.2. The summed E-state index contributed by atoms with van der Waals surface area (Å²) in [6.45, 7) is 0. The fourth-order valence-corrected chi connectivity index (χ4v) is 6.21. The number of carbonyl (C=O) groups excluding carboxylic acids is 2. The van der Waals surface area contributed by atoms with Crippen molar-refractivity contribution in [3.63, 3.8) is 0 Å². The summed E-state index contributed by atoms with van der Waals surface area (Å²) in [4.78, 5) is 32.3. The summed E-state index contributed by atoms with van der Waals surface area (Å²) in [7, 11) is 3.34. The number of urea groups is 1. The van der Waals surface area contributed by atoms with Crippen LogP contribution in [0.3, 0.4) is 0 Å². The molecular formula is C27H41N5O3. The molecule has 1 aliphatic heterocycles. The minimum Gasteiger partial charge on any atom is -0.497 e. The molecule has 2 fully saturated rings. The SMILES string of the molecule is COc1cccc(NC(=O)N[C@@H]2CCC[C@H](C[C@@]3(CCC4CCCCC4)N=C(N)N(C)C3=O)C2)c1. The Labute approximate surface area is 209 Å². The van der Waals surface area contributed by atoms with E-state index in [0.717, 1.165) is 38.5 Å². The van der Waals surface area contributed by atoms with Gasteiger partial charge in [-0.2, -0.15) is 0 Å². The molecule has 1 aromatic rings. The van der Waals surface area contributed by atoms with E-state index in [1.54, 1.807) is 20.2 Å². The molecule has 0 unspecified atom stereocenters. The Kier molecular flexibility index (Phi) is 8.19. The molecular weight excluding hydrogens is 442 g/mol. The van der Waals surface area contributed by atoms with Gasteiger partial charge in [0.05, 0.1) is 7.11 Å². The van der Waals surface area contributed by atoms with E-state index in [1.165, 1.54) is 37.0 Å². The Hall–Kier alpha value is -2.77. The molecule has 192 valence electrons. The molecule has 0 spiro atoms. The van der Waals surface area contributed by atoms with Crippen molar-refractivity contribution >= 4 is 23.6 Å². The summed E-state index contributed by atoms with van der Waals surface area (Å²) in [6.07, 6.45) is 12.8. The van der Waals surface area contributed by atoms with E-state index in [-0.39, 0.29) is 18.0 Å². The van der Waals surface area contributed by atoms with Crippen molar-refractivity contribution in [2.75, 3.05) is 19.5 Å². The number of rotatable bonds is 8. The number of likely N-dealkylation sites (N-methyl/N-ethyl adjacent to an activating group) is 1. The Morgan fingerprint density at radius 3 is 2.66 bits per heavy atom. The fraction of sp³-hybridized carbons (Fsp3) is 0.667. The molecule has 0 aromatic heterocycles. The first kappa shape index (κ1) is 25.3. The number of benzene rings is 1. The van der Waals surface area contributed by atoms with E-state index in [9.17, 15) is 9.59 Å². The molecule has 4 N–H and O–H groups in total. The number of aliphatic imine (C=N–C) groups is 1. The van der Waals surface area contributed by atoms with Crippen LogP contribution in [-0.4, -0.2) is 48.5 Å². The van der Waals surface area contributed by atoms with E-state index in [4.69, 9.17) is 15.5 Å². The zero-order valence-electron chi connectivity index (χ0n) is 21.2. The van der Waals surface area contributed by atoms with Gasteiger partial charge in [0.1, 0.15) is 11.3 Å². The number of amides is 3. The molecule has 2 aliphatic carbocycles. The molecule has 35 heavy (non-hydrogen) atoms. The van der Waals surface area contributed by atoms with Crippen molar-refractivity contribution in [1.29, 1.82) is 0 Å². The van der Waals surface area contributed by atoms with Crippen molar-refractivity contribution in [2.45, 2.75) is 88.6 Å². The zero-order chi connectivity index (χ0) is 24.8. The van der Waals surface area contributed by atoms with Crippen LogP contribution in [0, 0.1) is 11.8 Å². The quantitative estimate of drug-likeness (QED) is 0.500. The highest BCUT2D eigenvalue weighted by atomic mass is 16.5. The van der Waals surface area contributed by atoms with Crippen LogP contribution < -0.4 is 21.1 Å². The third-order valence-corrected chi connectivity index (χ3v) is 8.14. The predicted octanol–water partition coefficient (Wildman–Crippen LogP) is 4.65. The van der Waals surface area contributed by atoms with Crippen LogP contribution in [0.25, 0.3) is 0 Å². The van der Waals surface area contributed by atoms with E-state index in [2.05, 4.69) is 10.6 Å². The maximum Gasteiger partial charge on any atom is 0.319 e. The van der Waals surface area contributed by atoms with Crippen molar-refractivity contribution in [2.24, 2.45) is 22.6 Å². The standard InChI is InChI=1S/C27H41N5O3/c1-32-24(33)27(31-25(32)28,15-14-19-8-4-3-5-9-19)18-20-10-6-11-21(16-20)29-26(34)30-22-12-7-13-23(17-22)35-2/h7,12-13,17,19-21H,3-6,8-11,14-16,18H2,1-2H3,(H2,28,31)(H2,29,30,34)/t20-,21+,27+/m0/s1. The second-order valence-electron chi connectivity index (χ2n) is 10.7. The van der Waals surface area contributed by atoms with Crippen LogP contribution in [0.15, 0.2) is 29.3 Å². The third-order valence-electron chi connectivity index (χ3n) is 8.14. The van der Waals surface area contributed by atoms with Crippen LogP contribution in [0.5, 0.6) is 5.75 Å². The largest absolute Gasteiger partial charge is 0.497 e. The number of hydrogen-bond acceptors (Lipinski definition) is 5. The van der Waals surface area contributed by atoms with Gasteiger partial charge in [-0.3, -0.25) is 9.69 Å². The molecule has 3 amide bonds. The number of nitrogens with two attached hydrogens (primary N) is 1. The Bertz CT molecular complexity index is 929. The highest BCUT2D eigenvalue weighted by molar-refractivity contribution is 6.06. The highest BCUT2D eigenvalue weighted by Crippen LogP contribution is 2.40. The van der Waals surface area contributed by atoms with Crippen LogP contribution >= 0.6 is 0 Å². The average Bonchev–Trinajstić information content (AvgIpc) is 3.07. The summed E-state index contributed by atoms with van der Waals surface area (Å²) in [5.74, 6) is 2.09. The molecule has 3 atom stereocenters. The molecule has 4 rings (SSSR count). The summed E-state index contributed by atoms with van der Waals surface area (Å²) < 4.78 is 5.23. The molecule has 2 saturated carbocycles. The van der Waals surface area contributed by atoms with Gasteiger partial charge in [0.25, 0.3) is 5.91 Å². The average molecular weight is 484 g/mol. The number of nitrogens with one attached hydrogen (secondary N) is 2. The topological polar surface area (TPSA) is 109 Å². The van der Waals surface area contributed by atoms with Crippen molar-refractivity contribution in [3.8, 4) is 5.75 Å². The lowest BCUT2D eigenvalue weighted by molar-refractivity contribution is -0.131. The maximum absolute atomic E-state index is 13.3. The smallest absolute Gasteiger partial charge is 0.319 e. The second-order valence-corrected chi connectivity index (χ2v) is 10.7. The number of nitrogens with zero attached hydrogens (tertiary/aromatic N) is 2. The van der Waals surface area contributed by atoms with E-state index < -0.39 is 5.54 Å². The number of anilines is 1. The second kappa shape index (κ2) is 11.3. The summed E-state index contributed by atoms with van der Waals surface area (Å²) in [6, 6.07) is 7.19. The van der Waals surface area contributed by atoms with Gasteiger partial charge in [-0.15, -0.1) is 0 Å². The molecule has 3 aliphatic rings. The van der Waals surface area contributed by atoms with Crippen LogP contribution in [-0.2, 0) is 4.79 Å². The molecule has 0 bridgehead atoms. The lowest BCUT2D eigenvalue weighted by Gasteiger charge is -2.35. The molecule has 1 aromatic carbocycles. The predicted molar refractivity (Wildman–Crippen MR) is 138 cm³/mol. The van der Waals surface area contributed by atoms with Gasteiger partial charge < -0.3 is 21.1 Å². The number of guanidine groups is 1. The van der Waals surface area contributed by atoms with Crippen molar-refractivity contribution in [3.05, 3.63) is 24.3 Å². The minimum atomic E-state index is -0.744. The van der Waals surface area contributed by atoms with Gasteiger partial charge in [0.2, 0.25) is 0 Å². The normalized spacial score (nSPS) is 27.4. The molecule has 1 heterocycles. The lowest BCUT2D eigenvalue weighted by atomic mass is 9.74. The Morgan fingerprint density at radius 2 is 1.94 bits per heavy atom. The molecule has 0 saturated heterocycles. The van der Waals surface area contributed by atoms with Gasteiger partial charge in [-0.25, -0.2) is 9.79 Å². The van der Waals surface area contributed by atoms with Gasteiger partial charge in [-0.05, 0) is 56.1 Å². The van der Waals surface area contributed by atoms with Gasteiger partial charge in [0.15, 0.2) is 5.96 Å². The Morgan fingerprint density at radius 1 is 1.17 bits per heavy atom. The van der Waals surface area contributed by atoms with Crippen molar-refractivity contribution < 1.29 is 14.3 Å². The fourth-order valence-electron chi connectivity index (χ4n) is 6.21. The molecule has 0 radical (unpaired) electrons. The van der Waals surface area contributed by atoms with Gasteiger partial charge in [0, 0.05) is 24.8 Å². The third kappa shape index (κ3) is 6.27. The molecule has 8 heteroatoms. The summed E-state index contributed by atoms with van der Waals surface area (Å²) >= 11 is 0. The van der Waals surface area contributed by atoms with Crippen LogP contribution in [0.4, 0.5) is 10.5 Å². The summed E-state index contributed by atoms with van der Waals surface area (Å²) in [5.41, 5.74) is 6.08. The first-order valence-electron chi connectivity index (χ1n) is 13.2. The van der Waals surface area contributed by atoms with E-state index in [1.807, 2.05) is 18.2 Å². The number of carbonyl (C=O) groups is 2. The van der Waals surface area contributed by atoms with E-state index >= 15 is 0 Å². The summed E-state index contributed by atoms with van der Waals surface area (Å²) in [5, 5.41) is 6.04. The maximum atomic E-state index is 13.3. The van der Waals surface area contributed by atoms with Crippen molar-refractivity contribution in [1.82, 2.24) is 10.2 Å². The highest BCUT2D eigenvalue weighted by Gasteiger charge is 2.48.